The Balaban J connectivity index is 1.62. The van der Waals surface area contributed by atoms with Crippen LogP contribution in [0.1, 0.15) is 5.56 Å². The number of aromatic nitrogens is 3. The van der Waals surface area contributed by atoms with Crippen molar-refractivity contribution in [3.63, 3.8) is 0 Å². The Labute approximate surface area is 137 Å². The topological polar surface area (TPSA) is 48.4 Å². The second kappa shape index (κ2) is 7.37. The zero-order valence-electron chi connectivity index (χ0n) is 13.9. The zero-order valence-corrected chi connectivity index (χ0v) is 13.9. The van der Waals surface area contributed by atoms with Crippen LogP contribution >= 0.6 is 0 Å². The lowest BCUT2D eigenvalue weighted by molar-refractivity contribution is 0.311. The van der Waals surface area contributed by atoms with Gasteiger partial charge in [0.25, 0.3) is 0 Å². The van der Waals surface area contributed by atoms with Crippen LogP contribution < -0.4 is 9.80 Å². The highest BCUT2D eigenvalue weighted by atomic mass is 15.3. The fraction of sp³-hybridized carbons (Fsp3) is 0.471. The summed E-state index contributed by atoms with van der Waals surface area (Å²) in [7, 11) is 4.23. The molecule has 0 bridgehead atoms. The molecule has 0 spiro atoms. The van der Waals surface area contributed by atoms with Crippen molar-refractivity contribution in [2.75, 3.05) is 56.6 Å². The maximum absolute atomic E-state index is 4.74. The van der Waals surface area contributed by atoms with Gasteiger partial charge < -0.3 is 14.7 Å². The SMILES string of the molecule is CN1CCN(c2nccc(N(C)CCc3ccncc3)n2)CC1. The molecule has 0 radical (unpaired) electrons. The molecule has 1 fully saturated rings. The molecule has 1 aliphatic rings. The van der Waals surface area contributed by atoms with Gasteiger partial charge in [-0.1, -0.05) is 0 Å². The first-order valence-corrected chi connectivity index (χ1v) is 8.09. The molecule has 1 aliphatic heterocycles. The summed E-state index contributed by atoms with van der Waals surface area (Å²) in [6.07, 6.45) is 6.52. The van der Waals surface area contributed by atoms with Crippen LogP contribution in [0.4, 0.5) is 11.8 Å². The number of anilines is 2. The van der Waals surface area contributed by atoms with Crippen LogP contribution in [0.15, 0.2) is 36.8 Å². The molecule has 0 amide bonds. The number of hydrogen-bond acceptors (Lipinski definition) is 6. The van der Waals surface area contributed by atoms with Crippen molar-refractivity contribution in [1.29, 1.82) is 0 Å². The molecule has 0 aliphatic carbocycles. The van der Waals surface area contributed by atoms with Gasteiger partial charge in [0, 0.05) is 58.4 Å². The molecule has 0 unspecified atom stereocenters. The van der Waals surface area contributed by atoms with Gasteiger partial charge in [-0.3, -0.25) is 4.98 Å². The van der Waals surface area contributed by atoms with Gasteiger partial charge in [0.15, 0.2) is 0 Å². The number of nitrogens with zero attached hydrogens (tertiary/aromatic N) is 6. The molecule has 2 aromatic heterocycles. The Bertz CT molecular complexity index is 609. The van der Waals surface area contributed by atoms with E-state index in [9.17, 15) is 0 Å². The minimum absolute atomic E-state index is 0.839. The van der Waals surface area contributed by atoms with E-state index in [1.54, 1.807) is 0 Å². The summed E-state index contributed by atoms with van der Waals surface area (Å²) in [5.74, 6) is 1.81. The van der Waals surface area contributed by atoms with E-state index in [0.717, 1.165) is 50.9 Å². The van der Waals surface area contributed by atoms with E-state index < -0.39 is 0 Å². The van der Waals surface area contributed by atoms with Gasteiger partial charge in [-0.05, 0) is 37.2 Å². The van der Waals surface area contributed by atoms with Crippen LogP contribution in [-0.4, -0.2) is 66.7 Å². The highest BCUT2D eigenvalue weighted by molar-refractivity contribution is 5.43. The largest absolute Gasteiger partial charge is 0.359 e. The van der Waals surface area contributed by atoms with E-state index in [0.29, 0.717) is 0 Å². The highest BCUT2D eigenvalue weighted by Crippen LogP contribution is 2.15. The first-order chi connectivity index (χ1) is 11.2. The molecule has 6 nitrogen and oxygen atoms in total. The number of likely N-dealkylation sites (N-methyl/N-ethyl adjacent to an activating group) is 2. The predicted molar refractivity (Wildman–Crippen MR) is 93.0 cm³/mol. The number of pyridine rings is 1. The Kier molecular flexibility index (Phi) is 5.02. The summed E-state index contributed by atoms with van der Waals surface area (Å²) in [6.45, 7) is 5.02. The minimum Gasteiger partial charge on any atom is -0.359 e. The number of piperazine rings is 1. The Morgan fingerprint density at radius 2 is 1.78 bits per heavy atom. The Morgan fingerprint density at radius 3 is 2.52 bits per heavy atom. The first-order valence-electron chi connectivity index (χ1n) is 8.09. The molecule has 0 saturated carbocycles. The second-order valence-corrected chi connectivity index (χ2v) is 6.03. The molecule has 23 heavy (non-hydrogen) atoms. The maximum Gasteiger partial charge on any atom is 0.227 e. The van der Waals surface area contributed by atoms with Crippen molar-refractivity contribution >= 4 is 11.8 Å². The fourth-order valence-electron chi connectivity index (χ4n) is 2.67. The van der Waals surface area contributed by atoms with Gasteiger partial charge in [-0.15, -0.1) is 0 Å². The highest BCUT2D eigenvalue weighted by Gasteiger charge is 2.17. The van der Waals surface area contributed by atoms with E-state index in [1.807, 2.05) is 24.7 Å². The van der Waals surface area contributed by atoms with Crippen molar-refractivity contribution < 1.29 is 0 Å². The normalized spacial score (nSPS) is 15.7. The van der Waals surface area contributed by atoms with Crippen LogP contribution in [0.3, 0.4) is 0 Å². The molecule has 0 N–H and O–H groups in total. The summed E-state index contributed by atoms with van der Waals surface area (Å²) < 4.78 is 0. The van der Waals surface area contributed by atoms with E-state index in [1.165, 1.54) is 5.56 Å². The van der Waals surface area contributed by atoms with Crippen molar-refractivity contribution in [2.45, 2.75) is 6.42 Å². The van der Waals surface area contributed by atoms with Gasteiger partial charge >= 0.3 is 0 Å². The first kappa shape index (κ1) is 15.7. The Morgan fingerprint density at radius 1 is 1.04 bits per heavy atom. The lowest BCUT2D eigenvalue weighted by Crippen LogP contribution is -2.45. The standard InChI is InChI=1S/C17H24N6/c1-21-11-13-23(14-12-21)17-19-9-5-16(20-17)22(2)10-6-15-3-7-18-8-4-15/h3-5,7-9H,6,10-14H2,1-2H3. The van der Waals surface area contributed by atoms with Crippen LogP contribution in [0.5, 0.6) is 0 Å². The second-order valence-electron chi connectivity index (χ2n) is 6.03. The summed E-state index contributed by atoms with van der Waals surface area (Å²) in [6, 6.07) is 6.10. The van der Waals surface area contributed by atoms with Crippen LogP contribution in [-0.2, 0) is 6.42 Å². The summed E-state index contributed by atoms with van der Waals surface area (Å²) in [5.41, 5.74) is 1.29. The average molecular weight is 312 g/mol. The lowest BCUT2D eigenvalue weighted by atomic mass is 10.2. The fourth-order valence-corrected chi connectivity index (χ4v) is 2.67. The van der Waals surface area contributed by atoms with E-state index in [-0.39, 0.29) is 0 Å². The molecule has 0 atom stereocenters. The van der Waals surface area contributed by atoms with Crippen molar-refractivity contribution in [3.8, 4) is 0 Å². The average Bonchev–Trinajstić information content (AvgIpc) is 2.61. The van der Waals surface area contributed by atoms with Crippen LogP contribution in [0.2, 0.25) is 0 Å². The van der Waals surface area contributed by atoms with Crippen molar-refractivity contribution in [2.24, 2.45) is 0 Å². The third-order valence-corrected chi connectivity index (χ3v) is 4.29. The molecule has 122 valence electrons. The monoisotopic (exact) mass is 312 g/mol. The minimum atomic E-state index is 0.839. The molecule has 6 heteroatoms. The van der Waals surface area contributed by atoms with Crippen molar-refractivity contribution in [1.82, 2.24) is 19.9 Å². The van der Waals surface area contributed by atoms with Gasteiger partial charge in [-0.2, -0.15) is 4.98 Å². The molecule has 3 heterocycles. The summed E-state index contributed by atoms with van der Waals surface area (Å²) in [4.78, 5) is 20.0. The summed E-state index contributed by atoms with van der Waals surface area (Å²) in [5, 5.41) is 0. The molecule has 0 aromatic carbocycles. The maximum atomic E-state index is 4.74. The van der Waals surface area contributed by atoms with Gasteiger partial charge in [-0.25, -0.2) is 4.98 Å². The molecule has 1 saturated heterocycles. The van der Waals surface area contributed by atoms with E-state index >= 15 is 0 Å². The van der Waals surface area contributed by atoms with Crippen molar-refractivity contribution in [3.05, 3.63) is 42.4 Å². The molecular formula is C17H24N6. The van der Waals surface area contributed by atoms with Crippen LogP contribution in [0, 0.1) is 0 Å². The Hall–Kier alpha value is -2.21. The lowest BCUT2D eigenvalue weighted by Gasteiger charge is -2.32. The molecule has 3 rings (SSSR count). The van der Waals surface area contributed by atoms with Crippen LogP contribution in [0.25, 0.3) is 0 Å². The van der Waals surface area contributed by atoms with E-state index in [2.05, 4.69) is 50.9 Å². The van der Waals surface area contributed by atoms with Gasteiger partial charge in [0.05, 0.1) is 0 Å². The summed E-state index contributed by atoms with van der Waals surface area (Å²) >= 11 is 0. The van der Waals surface area contributed by atoms with Gasteiger partial charge in [0.2, 0.25) is 5.95 Å². The van der Waals surface area contributed by atoms with E-state index in [4.69, 9.17) is 4.98 Å². The number of rotatable bonds is 5. The third-order valence-electron chi connectivity index (χ3n) is 4.29. The quantitative estimate of drug-likeness (QED) is 0.829. The zero-order chi connectivity index (χ0) is 16.1. The third kappa shape index (κ3) is 4.16. The number of hydrogen-bond donors (Lipinski definition) is 0. The molecular weight excluding hydrogens is 288 g/mol. The van der Waals surface area contributed by atoms with Gasteiger partial charge in [0.1, 0.15) is 5.82 Å². The smallest absolute Gasteiger partial charge is 0.227 e. The predicted octanol–water partition coefficient (Wildman–Crippen LogP) is 1.30. The molecule has 2 aromatic rings.